The summed E-state index contributed by atoms with van der Waals surface area (Å²) >= 11 is 1.54. The second-order valence-electron chi connectivity index (χ2n) is 6.30. The number of carbonyl (C=O) groups excluding carboxylic acids is 1. The zero-order valence-corrected chi connectivity index (χ0v) is 14.4. The lowest BCUT2D eigenvalue weighted by atomic mass is 9.97. The van der Waals surface area contributed by atoms with Gasteiger partial charge in [0, 0.05) is 13.6 Å². The van der Waals surface area contributed by atoms with E-state index >= 15 is 0 Å². The average molecular weight is 309 g/mol. The van der Waals surface area contributed by atoms with Crippen molar-refractivity contribution in [2.75, 3.05) is 38.6 Å². The van der Waals surface area contributed by atoms with Gasteiger partial charge in [-0.05, 0) is 51.2 Å². The first-order chi connectivity index (χ1) is 10.0. The standard InChI is InChI=1S/C16H27N3OS/c1-5-12(2)15-14(11-20)21-16(17-15)19(4)10-13-6-8-18(3)9-7-13/h11-13H,5-10H2,1-4H3. The van der Waals surface area contributed by atoms with Gasteiger partial charge in [-0.1, -0.05) is 25.2 Å². The molecular formula is C16H27N3OS. The van der Waals surface area contributed by atoms with Crippen molar-refractivity contribution in [3.63, 3.8) is 0 Å². The highest BCUT2D eigenvalue weighted by atomic mass is 32.1. The number of aromatic nitrogens is 1. The van der Waals surface area contributed by atoms with Crippen molar-refractivity contribution < 1.29 is 4.79 Å². The molecule has 0 N–H and O–H groups in total. The molecule has 0 aliphatic carbocycles. The minimum absolute atomic E-state index is 0.354. The summed E-state index contributed by atoms with van der Waals surface area (Å²) in [5.74, 6) is 1.09. The summed E-state index contributed by atoms with van der Waals surface area (Å²) in [6.07, 6.45) is 4.49. The Hall–Kier alpha value is -0.940. The van der Waals surface area contributed by atoms with Gasteiger partial charge in [0.2, 0.25) is 0 Å². The van der Waals surface area contributed by atoms with Crippen molar-refractivity contribution in [1.82, 2.24) is 9.88 Å². The molecule has 0 spiro atoms. The second-order valence-corrected chi connectivity index (χ2v) is 7.31. The van der Waals surface area contributed by atoms with Gasteiger partial charge in [-0.15, -0.1) is 0 Å². The molecule has 1 aromatic heterocycles. The number of anilines is 1. The SMILES string of the molecule is CCC(C)c1nc(N(C)CC2CCN(C)CC2)sc1C=O. The Morgan fingerprint density at radius 3 is 2.71 bits per heavy atom. The van der Waals surface area contributed by atoms with Crippen molar-refractivity contribution in [1.29, 1.82) is 0 Å². The van der Waals surface area contributed by atoms with Crippen molar-refractivity contribution in [3.8, 4) is 0 Å². The Balaban J connectivity index is 2.03. The summed E-state index contributed by atoms with van der Waals surface area (Å²) in [5.41, 5.74) is 0.975. The normalized spacial score (nSPS) is 18.7. The van der Waals surface area contributed by atoms with Crippen LogP contribution in [0.2, 0.25) is 0 Å². The number of hydrogen-bond acceptors (Lipinski definition) is 5. The van der Waals surface area contributed by atoms with Crippen LogP contribution in [-0.2, 0) is 0 Å². The number of nitrogens with zero attached hydrogens (tertiary/aromatic N) is 3. The molecule has 118 valence electrons. The van der Waals surface area contributed by atoms with Crippen LogP contribution in [0.3, 0.4) is 0 Å². The van der Waals surface area contributed by atoms with Crippen LogP contribution in [0, 0.1) is 5.92 Å². The van der Waals surface area contributed by atoms with Gasteiger partial charge in [0.15, 0.2) is 11.4 Å². The van der Waals surface area contributed by atoms with Crippen LogP contribution >= 0.6 is 11.3 Å². The van der Waals surface area contributed by atoms with E-state index in [-0.39, 0.29) is 0 Å². The van der Waals surface area contributed by atoms with Gasteiger partial charge >= 0.3 is 0 Å². The molecule has 1 aliphatic rings. The van der Waals surface area contributed by atoms with E-state index in [1.54, 1.807) is 0 Å². The maximum Gasteiger partial charge on any atom is 0.185 e. The summed E-state index contributed by atoms with van der Waals surface area (Å²) in [7, 11) is 4.29. The fourth-order valence-corrected chi connectivity index (χ4v) is 3.81. The zero-order valence-electron chi connectivity index (χ0n) is 13.6. The highest BCUT2D eigenvalue weighted by Crippen LogP contribution is 2.31. The summed E-state index contributed by atoms with van der Waals surface area (Å²) in [5, 5.41) is 0.992. The monoisotopic (exact) mass is 309 g/mol. The Morgan fingerprint density at radius 1 is 1.48 bits per heavy atom. The van der Waals surface area contributed by atoms with Crippen LogP contribution in [0.4, 0.5) is 5.13 Å². The largest absolute Gasteiger partial charge is 0.351 e. The highest BCUT2D eigenvalue weighted by molar-refractivity contribution is 7.17. The number of hydrogen-bond donors (Lipinski definition) is 0. The van der Waals surface area contributed by atoms with Crippen molar-refractivity contribution >= 4 is 22.8 Å². The second kappa shape index (κ2) is 7.36. The number of piperidine rings is 1. The molecule has 1 unspecified atom stereocenters. The van der Waals surface area contributed by atoms with Crippen LogP contribution in [0.5, 0.6) is 0 Å². The third-order valence-corrected chi connectivity index (χ3v) is 5.66. The van der Waals surface area contributed by atoms with Crippen LogP contribution in [0.25, 0.3) is 0 Å². The molecule has 1 saturated heterocycles. The molecule has 2 heterocycles. The molecule has 0 aromatic carbocycles. The van der Waals surface area contributed by atoms with Gasteiger partial charge in [-0.2, -0.15) is 0 Å². The van der Waals surface area contributed by atoms with Crippen LogP contribution in [0.15, 0.2) is 0 Å². The van der Waals surface area contributed by atoms with E-state index < -0.39 is 0 Å². The third-order valence-electron chi connectivity index (χ3n) is 4.55. The maximum absolute atomic E-state index is 11.3. The van der Waals surface area contributed by atoms with Crippen molar-refractivity contribution in [3.05, 3.63) is 10.6 Å². The summed E-state index contributed by atoms with van der Waals surface area (Å²) in [4.78, 5) is 21.4. The summed E-state index contributed by atoms with van der Waals surface area (Å²) in [6.45, 7) is 7.70. The molecule has 1 fully saturated rings. The molecule has 21 heavy (non-hydrogen) atoms. The highest BCUT2D eigenvalue weighted by Gasteiger charge is 2.21. The number of carbonyl (C=O) groups is 1. The van der Waals surface area contributed by atoms with E-state index in [1.807, 2.05) is 0 Å². The van der Waals surface area contributed by atoms with Crippen LogP contribution < -0.4 is 4.90 Å². The van der Waals surface area contributed by atoms with E-state index in [9.17, 15) is 4.79 Å². The lowest BCUT2D eigenvalue weighted by Crippen LogP contribution is -2.35. The Morgan fingerprint density at radius 2 is 2.14 bits per heavy atom. The average Bonchev–Trinajstić information content (AvgIpc) is 2.93. The van der Waals surface area contributed by atoms with E-state index in [4.69, 9.17) is 4.98 Å². The number of aldehydes is 1. The number of rotatable bonds is 6. The van der Waals surface area contributed by atoms with Gasteiger partial charge in [0.1, 0.15) is 0 Å². The molecule has 0 bridgehead atoms. The van der Waals surface area contributed by atoms with E-state index in [1.165, 1.54) is 37.3 Å². The van der Waals surface area contributed by atoms with Gasteiger partial charge < -0.3 is 9.80 Å². The van der Waals surface area contributed by atoms with E-state index in [0.29, 0.717) is 5.92 Å². The van der Waals surface area contributed by atoms with E-state index in [2.05, 4.69) is 37.7 Å². The first-order valence-corrected chi connectivity index (χ1v) is 8.72. The number of likely N-dealkylation sites (tertiary alicyclic amines) is 1. The summed E-state index contributed by atoms with van der Waals surface area (Å²) < 4.78 is 0. The molecule has 0 radical (unpaired) electrons. The van der Waals surface area contributed by atoms with Gasteiger partial charge in [-0.3, -0.25) is 4.79 Å². The van der Waals surface area contributed by atoms with Gasteiger partial charge in [0.25, 0.3) is 0 Å². The third kappa shape index (κ3) is 4.04. The first kappa shape index (κ1) is 16.4. The molecule has 1 aliphatic heterocycles. The predicted molar refractivity (Wildman–Crippen MR) is 89.7 cm³/mol. The fraction of sp³-hybridized carbons (Fsp3) is 0.750. The Bertz CT molecular complexity index is 466. The molecule has 0 saturated carbocycles. The lowest BCUT2D eigenvalue weighted by Gasteiger charge is -2.31. The topological polar surface area (TPSA) is 36.4 Å². The van der Waals surface area contributed by atoms with Crippen molar-refractivity contribution in [2.24, 2.45) is 5.92 Å². The molecule has 1 aromatic rings. The van der Waals surface area contributed by atoms with Gasteiger partial charge in [-0.25, -0.2) is 4.98 Å². The number of thiazole rings is 1. The molecule has 0 amide bonds. The van der Waals surface area contributed by atoms with E-state index in [0.717, 1.165) is 40.9 Å². The molecule has 1 atom stereocenters. The Kier molecular flexibility index (Phi) is 5.76. The van der Waals surface area contributed by atoms with Crippen molar-refractivity contribution in [2.45, 2.75) is 39.0 Å². The van der Waals surface area contributed by atoms with Crippen LogP contribution in [0.1, 0.15) is 54.4 Å². The lowest BCUT2D eigenvalue weighted by molar-refractivity contribution is 0.112. The first-order valence-electron chi connectivity index (χ1n) is 7.90. The predicted octanol–water partition coefficient (Wildman–Crippen LogP) is 3.25. The smallest absolute Gasteiger partial charge is 0.185 e. The maximum atomic E-state index is 11.3. The molecule has 5 heteroatoms. The minimum atomic E-state index is 0.354. The molecular weight excluding hydrogens is 282 g/mol. The van der Waals surface area contributed by atoms with Crippen LogP contribution in [-0.4, -0.2) is 49.9 Å². The Labute approximate surface area is 132 Å². The fourth-order valence-electron chi connectivity index (χ4n) is 2.84. The summed E-state index contributed by atoms with van der Waals surface area (Å²) in [6, 6.07) is 0. The minimum Gasteiger partial charge on any atom is -0.351 e. The zero-order chi connectivity index (χ0) is 15.4. The molecule has 2 rings (SSSR count). The molecule has 4 nitrogen and oxygen atoms in total. The quantitative estimate of drug-likeness (QED) is 0.756. The van der Waals surface area contributed by atoms with Gasteiger partial charge in [0.05, 0.1) is 10.6 Å².